The minimum Gasteiger partial charge on any atom is -0.391 e. The maximum Gasteiger partial charge on any atom is 0.309 e. The van der Waals surface area contributed by atoms with Crippen molar-refractivity contribution < 1.29 is 14.7 Å². The second kappa shape index (κ2) is 6.33. The zero-order valence-electron chi connectivity index (χ0n) is 10.6. The van der Waals surface area contributed by atoms with Crippen molar-refractivity contribution in [1.29, 1.82) is 0 Å². The fourth-order valence-corrected chi connectivity index (χ4v) is 1.73. The summed E-state index contributed by atoms with van der Waals surface area (Å²) in [5.74, 6) is -1.30. The molecule has 1 fully saturated rings. The molecule has 2 rings (SSSR count). The molecule has 0 saturated heterocycles. The molecule has 5 nitrogen and oxygen atoms in total. The van der Waals surface area contributed by atoms with Crippen LogP contribution in [0.15, 0.2) is 30.3 Å². The van der Waals surface area contributed by atoms with Crippen LogP contribution in [0.2, 0.25) is 0 Å². The fraction of sp³-hybridized carbons (Fsp3) is 0.429. The Morgan fingerprint density at radius 3 is 2.53 bits per heavy atom. The third-order valence-corrected chi connectivity index (χ3v) is 2.93. The van der Waals surface area contributed by atoms with Crippen LogP contribution in [0.4, 0.5) is 0 Å². The van der Waals surface area contributed by atoms with Crippen LogP contribution >= 0.6 is 0 Å². The lowest BCUT2D eigenvalue weighted by Gasteiger charge is -2.11. The van der Waals surface area contributed by atoms with Gasteiger partial charge in [-0.15, -0.1) is 0 Å². The molecule has 1 aliphatic rings. The predicted molar refractivity (Wildman–Crippen MR) is 70.3 cm³/mol. The summed E-state index contributed by atoms with van der Waals surface area (Å²) >= 11 is 0. The van der Waals surface area contributed by atoms with Gasteiger partial charge in [-0.05, 0) is 18.4 Å². The summed E-state index contributed by atoms with van der Waals surface area (Å²) in [5, 5.41) is 14.8. The molecule has 1 aromatic rings. The largest absolute Gasteiger partial charge is 0.391 e. The van der Waals surface area contributed by atoms with E-state index in [-0.39, 0.29) is 12.6 Å². The third-order valence-electron chi connectivity index (χ3n) is 2.93. The Morgan fingerprint density at radius 2 is 1.89 bits per heavy atom. The van der Waals surface area contributed by atoms with E-state index in [1.54, 1.807) is 0 Å². The van der Waals surface area contributed by atoms with Crippen molar-refractivity contribution in [2.75, 3.05) is 6.54 Å². The Kier molecular flexibility index (Phi) is 4.52. The lowest BCUT2D eigenvalue weighted by molar-refractivity contribution is -0.139. The number of carbonyl (C=O) groups excluding carboxylic acids is 2. The predicted octanol–water partition coefficient (Wildman–Crippen LogP) is -0.0152. The maximum absolute atomic E-state index is 11.4. The highest BCUT2D eigenvalue weighted by Crippen LogP contribution is 2.18. The van der Waals surface area contributed by atoms with Crippen LogP contribution in [0, 0.1) is 0 Å². The number of rotatable bonds is 5. The summed E-state index contributed by atoms with van der Waals surface area (Å²) < 4.78 is 0. The molecule has 0 aliphatic heterocycles. The zero-order chi connectivity index (χ0) is 13.7. The first-order valence-electron chi connectivity index (χ1n) is 6.46. The molecule has 1 unspecified atom stereocenters. The van der Waals surface area contributed by atoms with E-state index < -0.39 is 17.9 Å². The SMILES string of the molecule is O=C(NCC(O)Cc1ccccc1)C(=O)NC1CC1. The average molecular weight is 262 g/mol. The summed E-state index contributed by atoms with van der Waals surface area (Å²) in [5.41, 5.74) is 0.992. The Morgan fingerprint density at radius 1 is 1.21 bits per heavy atom. The lowest BCUT2D eigenvalue weighted by Crippen LogP contribution is -2.43. The highest BCUT2D eigenvalue weighted by molar-refractivity contribution is 6.35. The van der Waals surface area contributed by atoms with Gasteiger partial charge in [0.25, 0.3) is 0 Å². The Balaban J connectivity index is 1.69. The van der Waals surface area contributed by atoms with E-state index in [1.165, 1.54) is 0 Å². The molecule has 19 heavy (non-hydrogen) atoms. The lowest BCUT2D eigenvalue weighted by atomic mass is 10.1. The molecule has 3 N–H and O–H groups in total. The van der Waals surface area contributed by atoms with Gasteiger partial charge >= 0.3 is 11.8 Å². The van der Waals surface area contributed by atoms with E-state index in [4.69, 9.17) is 0 Å². The van der Waals surface area contributed by atoms with E-state index >= 15 is 0 Å². The third kappa shape index (κ3) is 4.71. The van der Waals surface area contributed by atoms with Crippen molar-refractivity contribution in [3.05, 3.63) is 35.9 Å². The number of nitrogens with one attached hydrogen (secondary N) is 2. The molecule has 0 spiro atoms. The Labute approximate surface area is 112 Å². The highest BCUT2D eigenvalue weighted by atomic mass is 16.3. The molecule has 1 aromatic carbocycles. The van der Waals surface area contributed by atoms with Gasteiger partial charge in [-0.3, -0.25) is 9.59 Å². The number of aliphatic hydroxyl groups is 1. The van der Waals surface area contributed by atoms with Gasteiger partial charge in [0.15, 0.2) is 0 Å². The second-order valence-electron chi connectivity index (χ2n) is 4.80. The van der Waals surface area contributed by atoms with Crippen LogP contribution in [-0.2, 0) is 16.0 Å². The average Bonchev–Trinajstić information content (AvgIpc) is 3.21. The van der Waals surface area contributed by atoms with Crippen molar-refractivity contribution in [2.24, 2.45) is 0 Å². The number of carbonyl (C=O) groups is 2. The van der Waals surface area contributed by atoms with E-state index in [2.05, 4.69) is 10.6 Å². The minimum atomic E-state index is -0.694. The number of hydrogen-bond acceptors (Lipinski definition) is 3. The monoisotopic (exact) mass is 262 g/mol. The summed E-state index contributed by atoms with van der Waals surface area (Å²) in [7, 11) is 0. The fourth-order valence-electron chi connectivity index (χ4n) is 1.73. The van der Waals surface area contributed by atoms with Crippen LogP contribution in [0.3, 0.4) is 0 Å². The quantitative estimate of drug-likeness (QED) is 0.653. The first-order valence-corrected chi connectivity index (χ1v) is 6.46. The second-order valence-corrected chi connectivity index (χ2v) is 4.80. The van der Waals surface area contributed by atoms with Crippen molar-refractivity contribution >= 4 is 11.8 Å². The van der Waals surface area contributed by atoms with Gasteiger partial charge in [-0.25, -0.2) is 0 Å². The van der Waals surface area contributed by atoms with Gasteiger partial charge in [-0.1, -0.05) is 30.3 Å². The first kappa shape index (κ1) is 13.5. The van der Waals surface area contributed by atoms with E-state index in [0.717, 1.165) is 18.4 Å². The van der Waals surface area contributed by atoms with Crippen LogP contribution in [0.1, 0.15) is 18.4 Å². The molecule has 102 valence electrons. The van der Waals surface area contributed by atoms with Crippen LogP contribution in [-0.4, -0.2) is 35.6 Å². The topological polar surface area (TPSA) is 78.4 Å². The highest BCUT2D eigenvalue weighted by Gasteiger charge is 2.26. The van der Waals surface area contributed by atoms with E-state index in [9.17, 15) is 14.7 Å². The zero-order valence-corrected chi connectivity index (χ0v) is 10.6. The number of aliphatic hydroxyl groups excluding tert-OH is 1. The van der Waals surface area contributed by atoms with E-state index in [1.807, 2.05) is 30.3 Å². The first-order chi connectivity index (χ1) is 9.15. The van der Waals surface area contributed by atoms with Crippen LogP contribution in [0.25, 0.3) is 0 Å². The molecule has 5 heteroatoms. The van der Waals surface area contributed by atoms with E-state index in [0.29, 0.717) is 6.42 Å². The van der Waals surface area contributed by atoms with Crippen molar-refractivity contribution in [3.8, 4) is 0 Å². The standard InChI is InChI=1S/C14H18N2O3/c17-12(8-10-4-2-1-3-5-10)9-15-13(18)14(19)16-11-6-7-11/h1-5,11-12,17H,6-9H2,(H,15,18)(H,16,19). The molecular weight excluding hydrogens is 244 g/mol. The summed E-state index contributed by atoms with van der Waals surface area (Å²) in [4.78, 5) is 22.8. The normalized spacial score (nSPS) is 15.6. The summed E-state index contributed by atoms with van der Waals surface area (Å²) in [6, 6.07) is 9.66. The van der Waals surface area contributed by atoms with Gasteiger partial charge in [0.2, 0.25) is 0 Å². The van der Waals surface area contributed by atoms with Crippen molar-refractivity contribution in [1.82, 2.24) is 10.6 Å². The van der Waals surface area contributed by atoms with Crippen molar-refractivity contribution in [3.63, 3.8) is 0 Å². The Bertz CT molecular complexity index is 443. The van der Waals surface area contributed by atoms with Gasteiger partial charge in [0.1, 0.15) is 0 Å². The maximum atomic E-state index is 11.4. The molecule has 1 atom stereocenters. The van der Waals surface area contributed by atoms with Gasteiger partial charge < -0.3 is 15.7 Å². The molecule has 0 aromatic heterocycles. The number of hydrogen-bond donors (Lipinski definition) is 3. The van der Waals surface area contributed by atoms with Crippen LogP contribution < -0.4 is 10.6 Å². The van der Waals surface area contributed by atoms with Gasteiger partial charge in [-0.2, -0.15) is 0 Å². The number of amides is 2. The summed E-state index contributed by atoms with van der Waals surface area (Å²) in [6.45, 7) is 0.0752. The van der Waals surface area contributed by atoms with Crippen LogP contribution in [0.5, 0.6) is 0 Å². The molecule has 0 radical (unpaired) electrons. The molecular formula is C14H18N2O3. The van der Waals surface area contributed by atoms with Crippen molar-refractivity contribution in [2.45, 2.75) is 31.4 Å². The molecule has 1 saturated carbocycles. The van der Waals surface area contributed by atoms with Gasteiger partial charge in [0.05, 0.1) is 6.10 Å². The van der Waals surface area contributed by atoms with Gasteiger partial charge in [0, 0.05) is 19.0 Å². The Hall–Kier alpha value is -1.88. The molecule has 1 aliphatic carbocycles. The molecule has 0 heterocycles. The minimum absolute atomic E-state index is 0.0752. The molecule has 2 amide bonds. The smallest absolute Gasteiger partial charge is 0.309 e. The molecule has 0 bridgehead atoms. The number of benzene rings is 1. The summed E-state index contributed by atoms with van der Waals surface area (Å²) in [6.07, 6.45) is 1.64.